The highest BCUT2D eigenvalue weighted by atomic mass is 16.5. The van der Waals surface area contributed by atoms with E-state index in [1.807, 2.05) is 13.0 Å². The van der Waals surface area contributed by atoms with Crippen molar-refractivity contribution in [1.29, 1.82) is 0 Å². The lowest BCUT2D eigenvalue weighted by Gasteiger charge is -2.11. The Hall–Kier alpha value is -3.61. The number of nitrogens with one attached hydrogen (secondary N) is 2. The first-order valence-electron chi connectivity index (χ1n) is 11.2. The molecule has 3 aromatic rings. The van der Waals surface area contributed by atoms with Gasteiger partial charge >= 0.3 is 5.97 Å². The minimum atomic E-state index is -0.528. The molecular formula is C26H28N2O5. The third kappa shape index (κ3) is 5.42. The van der Waals surface area contributed by atoms with Gasteiger partial charge in [0.15, 0.2) is 6.61 Å². The van der Waals surface area contributed by atoms with Crippen LogP contribution >= 0.6 is 0 Å². The van der Waals surface area contributed by atoms with Crippen molar-refractivity contribution in [1.82, 2.24) is 5.32 Å². The van der Waals surface area contributed by atoms with E-state index in [1.165, 1.54) is 5.56 Å². The standard InChI is InChI=1S/C26H28N2O5/c1-15(2)20-12-21-17(13-32-23(21)10-16(20)3)11-25(30)33-14-24(29)28-22-7-5-4-6-19(22)26(31)27-18-8-9-18/h4-7,10,12-13,15,18H,8-9,11,14H2,1-3H3,(H,27,31)(H,28,29). The van der Waals surface area contributed by atoms with Gasteiger partial charge in [0.1, 0.15) is 5.58 Å². The maximum Gasteiger partial charge on any atom is 0.310 e. The van der Waals surface area contributed by atoms with Crippen molar-refractivity contribution in [3.63, 3.8) is 0 Å². The van der Waals surface area contributed by atoms with Crippen LogP contribution in [0.15, 0.2) is 47.1 Å². The van der Waals surface area contributed by atoms with Crippen molar-refractivity contribution in [2.75, 3.05) is 11.9 Å². The van der Waals surface area contributed by atoms with E-state index in [0.717, 1.165) is 34.9 Å². The van der Waals surface area contributed by atoms with Gasteiger partial charge in [0, 0.05) is 17.0 Å². The molecule has 7 heteroatoms. The third-order valence-electron chi connectivity index (χ3n) is 5.72. The summed E-state index contributed by atoms with van der Waals surface area (Å²) in [5, 5.41) is 6.44. The summed E-state index contributed by atoms with van der Waals surface area (Å²) in [7, 11) is 0. The molecule has 33 heavy (non-hydrogen) atoms. The summed E-state index contributed by atoms with van der Waals surface area (Å²) in [6.45, 7) is 5.84. The second-order valence-corrected chi connectivity index (χ2v) is 8.80. The van der Waals surface area contributed by atoms with E-state index in [4.69, 9.17) is 9.15 Å². The van der Waals surface area contributed by atoms with Crippen LogP contribution in [0, 0.1) is 6.92 Å². The van der Waals surface area contributed by atoms with Crippen molar-refractivity contribution >= 4 is 34.4 Å². The maximum atomic E-state index is 12.4. The van der Waals surface area contributed by atoms with Crippen LogP contribution in [-0.4, -0.2) is 30.4 Å². The number of carbonyl (C=O) groups excluding carboxylic acids is 3. The second kappa shape index (κ2) is 9.48. The first-order valence-corrected chi connectivity index (χ1v) is 11.2. The molecule has 0 aliphatic heterocycles. The Labute approximate surface area is 192 Å². The number of fused-ring (bicyclic) bond motifs is 1. The number of para-hydroxylation sites is 1. The van der Waals surface area contributed by atoms with Gasteiger partial charge in [0.2, 0.25) is 0 Å². The normalized spacial score (nSPS) is 13.2. The molecule has 7 nitrogen and oxygen atoms in total. The average molecular weight is 449 g/mol. The molecular weight excluding hydrogens is 420 g/mol. The van der Waals surface area contributed by atoms with Crippen LogP contribution in [0.3, 0.4) is 0 Å². The summed E-state index contributed by atoms with van der Waals surface area (Å²) >= 11 is 0. The third-order valence-corrected chi connectivity index (χ3v) is 5.72. The lowest BCUT2D eigenvalue weighted by Crippen LogP contribution is -2.28. The average Bonchev–Trinajstić information content (AvgIpc) is 3.51. The first-order chi connectivity index (χ1) is 15.8. The fraction of sp³-hybridized carbons (Fsp3) is 0.346. The fourth-order valence-corrected chi connectivity index (χ4v) is 3.82. The number of hydrogen-bond acceptors (Lipinski definition) is 5. The second-order valence-electron chi connectivity index (χ2n) is 8.80. The molecule has 1 aliphatic rings. The molecule has 2 N–H and O–H groups in total. The number of anilines is 1. The molecule has 4 rings (SSSR count). The smallest absolute Gasteiger partial charge is 0.310 e. The van der Waals surface area contributed by atoms with E-state index in [1.54, 1.807) is 30.5 Å². The van der Waals surface area contributed by atoms with Crippen LogP contribution in [0.4, 0.5) is 5.69 Å². The van der Waals surface area contributed by atoms with E-state index < -0.39 is 18.5 Å². The summed E-state index contributed by atoms with van der Waals surface area (Å²) in [6, 6.07) is 11.0. The Kier molecular flexibility index (Phi) is 6.49. The molecule has 0 saturated heterocycles. The molecule has 1 heterocycles. The Morgan fingerprint density at radius 3 is 2.64 bits per heavy atom. The number of ether oxygens (including phenoxy) is 1. The summed E-state index contributed by atoms with van der Waals surface area (Å²) < 4.78 is 10.8. The summed E-state index contributed by atoms with van der Waals surface area (Å²) in [6.07, 6.45) is 3.51. The van der Waals surface area contributed by atoms with Crippen LogP contribution in [0.2, 0.25) is 0 Å². The SMILES string of the molecule is Cc1cc2occ(CC(=O)OCC(=O)Nc3ccccc3C(=O)NC3CC3)c2cc1C(C)C. The number of rotatable bonds is 8. The largest absolute Gasteiger partial charge is 0.464 e. The fourth-order valence-electron chi connectivity index (χ4n) is 3.82. The summed E-state index contributed by atoms with van der Waals surface area (Å²) in [5.74, 6) is -0.917. The van der Waals surface area contributed by atoms with Crippen molar-refractivity contribution in [2.45, 2.75) is 52.0 Å². The predicted octanol–water partition coefficient (Wildman–Crippen LogP) is 4.48. The van der Waals surface area contributed by atoms with Crippen molar-refractivity contribution in [3.05, 3.63) is 64.9 Å². The molecule has 1 saturated carbocycles. The molecule has 1 fully saturated rings. The zero-order valence-corrected chi connectivity index (χ0v) is 19.1. The van der Waals surface area contributed by atoms with E-state index in [-0.39, 0.29) is 18.4 Å². The van der Waals surface area contributed by atoms with Crippen LogP contribution in [0.25, 0.3) is 11.0 Å². The minimum absolute atomic E-state index is 0.00125. The van der Waals surface area contributed by atoms with Gasteiger partial charge in [-0.25, -0.2) is 0 Å². The van der Waals surface area contributed by atoms with Gasteiger partial charge in [-0.15, -0.1) is 0 Å². The predicted molar refractivity (Wildman–Crippen MR) is 125 cm³/mol. The lowest BCUT2D eigenvalue weighted by atomic mass is 9.95. The van der Waals surface area contributed by atoms with Gasteiger partial charge < -0.3 is 19.8 Å². The molecule has 1 aromatic heterocycles. The highest BCUT2D eigenvalue weighted by Crippen LogP contribution is 2.29. The summed E-state index contributed by atoms with van der Waals surface area (Å²) in [4.78, 5) is 37.1. The minimum Gasteiger partial charge on any atom is -0.464 e. The molecule has 0 radical (unpaired) electrons. The maximum absolute atomic E-state index is 12.4. The van der Waals surface area contributed by atoms with Crippen LogP contribution in [0.1, 0.15) is 59.7 Å². The van der Waals surface area contributed by atoms with E-state index in [9.17, 15) is 14.4 Å². The van der Waals surface area contributed by atoms with Crippen LogP contribution < -0.4 is 10.6 Å². The Balaban J connectivity index is 1.35. The van der Waals surface area contributed by atoms with Crippen molar-refractivity contribution in [3.8, 4) is 0 Å². The van der Waals surface area contributed by atoms with Crippen LogP contribution in [-0.2, 0) is 20.7 Å². The number of amides is 2. The van der Waals surface area contributed by atoms with Gasteiger partial charge in [0.05, 0.1) is 23.9 Å². The zero-order chi connectivity index (χ0) is 23.5. The highest BCUT2D eigenvalue weighted by molar-refractivity contribution is 6.04. The molecule has 0 bridgehead atoms. The molecule has 0 spiro atoms. The van der Waals surface area contributed by atoms with E-state index in [0.29, 0.717) is 17.2 Å². The summed E-state index contributed by atoms with van der Waals surface area (Å²) in [5.41, 5.74) is 4.54. The van der Waals surface area contributed by atoms with Gasteiger partial charge in [-0.1, -0.05) is 26.0 Å². The number of esters is 1. The molecule has 2 amide bonds. The Morgan fingerprint density at radius 1 is 1.15 bits per heavy atom. The number of hydrogen-bond donors (Lipinski definition) is 2. The number of aryl methyl sites for hydroxylation is 1. The number of benzene rings is 2. The molecule has 1 aliphatic carbocycles. The van der Waals surface area contributed by atoms with Gasteiger partial charge in [-0.05, 0) is 61.1 Å². The monoisotopic (exact) mass is 448 g/mol. The molecule has 172 valence electrons. The van der Waals surface area contributed by atoms with E-state index in [2.05, 4.69) is 30.5 Å². The topological polar surface area (TPSA) is 97.6 Å². The number of carbonyl (C=O) groups is 3. The van der Waals surface area contributed by atoms with Crippen molar-refractivity contribution in [2.24, 2.45) is 0 Å². The Morgan fingerprint density at radius 2 is 1.91 bits per heavy atom. The molecule has 0 atom stereocenters. The van der Waals surface area contributed by atoms with Crippen molar-refractivity contribution < 1.29 is 23.5 Å². The van der Waals surface area contributed by atoms with Crippen LogP contribution in [0.5, 0.6) is 0 Å². The lowest BCUT2D eigenvalue weighted by molar-refractivity contribution is -0.146. The zero-order valence-electron chi connectivity index (χ0n) is 19.1. The van der Waals surface area contributed by atoms with Gasteiger partial charge in [-0.3, -0.25) is 14.4 Å². The van der Waals surface area contributed by atoms with Gasteiger partial charge in [-0.2, -0.15) is 0 Å². The van der Waals surface area contributed by atoms with E-state index >= 15 is 0 Å². The highest BCUT2D eigenvalue weighted by Gasteiger charge is 2.25. The molecule has 0 unspecified atom stereocenters. The number of furan rings is 1. The Bertz CT molecular complexity index is 1210. The molecule has 2 aromatic carbocycles. The quantitative estimate of drug-likeness (QED) is 0.495. The first kappa shape index (κ1) is 22.6. The van der Waals surface area contributed by atoms with Gasteiger partial charge in [0.25, 0.3) is 11.8 Å².